The van der Waals surface area contributed by atoms with Gasteiger partial charge < -0.3 is 9.84 Å². The van der Waals surface area contributed by atoms with Gasteiger partial charge >= 0.3 is 0 Å². The molecule has 0 spiro atoms. The van der Waals surface area contributed by atoms with Crippen molar-refractivity contribution in [1.82, 2.24) is 4.90 Å². The highest BCUT2D eigenvalue weighted by Crippen LogP contribution is 2.27. The predicted molar refractivity (Wildman–Crippen MR) is 73.5 cm³/mol. The maximum Gasteiger partial charge on any atom is 0.180 e. The van der Waals surface area contributed by atoms with Crippen LogP contribution >= 0.6 is 0 Å². The van der Waals surface area contributed by atoms with Gasteiger partial charge in [-0.15, -0.1) is 0 Å². The van der Waals surface area contributed by atoms with E-state index in [-0.39, 0.29) is 24.0 Å². The van der Waals surface area contributed by atoms with Crippen LogP contribution < -0.4 is 4.74 Å². The number of benzene rings is 1. The first-order valence-electron chi connectivity index (χ1n) is 6.73. The summed E-state index contributed by atoms with van der Waals surface area (Å²) >= 11 is 0. The van der Waals surface area contributed by atoms with Crippen molar-refractivity contribution in [3.63, 3.8) is 0 Å². The minimum absolute atomic E-state index is 0.163. The third-order valence-electron chi connectivity index (χ3n) is 3.66. The molecule has 0 amide bonds. The van der Waals surface area contributed by atoms with E-state index in [1.54, 1.807) is 0 Å². The van der Waals surface area contributed by atoms with Gasteiger partial charge in [0.1, 0.15) is 11.6 Å². The number of nitrogens with zero attached hydrogens (tertiary/aromatic N) is 1. The molecule has 1 aliphatic carbocycles. The fraction of sp³-hybridized carbons (Fsp3) is 0.533. The molecule has 0 bridgehead atoms. The van der Waals surface area contributed by atoms with Crippen molar-refractivity contribution in [2.45, 2.75) is 18.9 Å². The van der Waals surface area contributed by atoms with Crippen molar-refractivity contribution in [3.8, 4) is 5.75 Å². The van der Waals surface area contributed by atoms with E-state index >= 15 is 0 Å². The Kier molecular flexibility index (Phi) is 4.73. The third-order valence-corrected chi connectivity index (χ3v) is 3.66. The number of hydrogen-bond donors (Lipinski definition) is 1. The summed E-state index contributed by atoms with van der Waals surface area (Å²) in [7, 11) is 3.32. The molecule has 0 aliphatic heterocycles. The molecule has 0 heterocycles. The van der Waals surface area contributed by atoms with Gasteiger partial charge in [-0.3, -0.25) is 9.69 Å². The highest BCUT2D eigenvalue weighted by molar-refractivity contribution is 6.00. The van der Waals surface area contributed by atoms with Crippen LogP contribution in [0.15, 0.2) is 18.2 Å². The third kappa shape index (κ3) is 3.55. The number of ether oxygens (including phenoxy) is 1. The van der Waals surface area contributed by atoms with E-state index in [0.717, 1.165) is 19.4 Å². The molecule has 5 heteroatoms. The van der Waals surface area contributed by atoms with Crippen LogP contribution in [0.5, 0.6) is 5.75 Å². The van der Waals surface area contributed by atoms with Gasteiger partial charge in [-0.25, -0.2) is 4.39 Å². The molecule has 20 heavy (non-hydrogen) atoms. The van der Waals surface area contributed by atoms with Crippen LogP contribution in [0.25, 0.3) is 0 Å². The molecular weight excluding hydrogens is 261 g/mol. The van der Waals surface area contributed by atoms with Gasteiger partial charge in [-0.2, -0.15) is 0 Å². The molecule has 1 aromatic carbocycles. The molecule has 0 radical (unpaired) electrons. The zero-order chi connectivity index (χ0) is 14.7. The van der Waals surface area contributed by atoms with Crippen molar-refractivity contribution < 1.29 is 19.0 Å². The molecule has 110 valence electrons. The molecule has 1 aliphatic rings. The standard InChI is InChI=1S/C15H20FNO3/c1-17(8-10-5-12(18)6-10)9-14(19)13-7-11(16)3-4-15(13)20-2/h3-4,7,10,12,18H,5-6,8-9H2,1-2H3. The molecule has 1 aromatic rings. The fourth-order valence-corrected chi connectivity index (χ4v) is 2.58. The zero-order valence-electron chi connectivity index (χ0n) is 11.8. The maximum atomic E-state index is 13.2. The molecule has 0 unspecified atom stereocenters. The molecule has 0 atom stereocenters. The van der Waals surface area contributed by atoms with Crippen molar-refractivity contribution in [1.29, 1.82) is 0 Å². The molecular formula is C15H20FNO3. The number of carbonyl (C=O) groups is 1. The van der Waals surface area contributed by atoms with Crippen molar-refractivity contribution >= 4 is 5.78 Å². The number of ketones is 1. The van der Waals surface area contributed by atoms with Crippen molar-refractivity contribution in [2.75, 3.05) is 27.2 Å². The number of methoxy groups -OCH3 is 1. The number of halogens is 1. The Morgan fingerprint density at radius 2 is 2.20 bits per heavy atom. The quantitative estimate of drug-likeness (QED) is 0.807. The fourth-order valence-electron chi connectivity index (χ4n) is 2.58. The van der Waals surface area contributed by atoms with E-state index < -0.39 is 5.82 Å². The lowest BCUT2D eigenvalue weighted by atomic mass is 9.82. The molecule has 0 aromatic heterocycles. The number of hydrogen-bond acceptors (Lipinski definition) is 4. The molecule has 1 saturated carbocycles. The molecule has 2 rings (SSSR count). The summed E-state index contributed by atoms with van der Waals surface area (Å²) in [5.74, 6) is 0.226. The van der Waals surface area contributed by atoms with Gasteiger partial charge in [-0.1, -0.05) is 0 Å². The largest absolute Gasteiger partial charge is 0.496 e. The molecule has 1 fully saturated rings. The van der Waals surface area contributed by atoms with Crippen LogP contribution in [0.3, 0.4) is 0 Å². The van der Waals surface area contributed by atoms with Crippen LogP contribution in [-0.4, -0.2) is 49.1 Å². The number of Topliss-reactive ketones (excluding diaryl/α,β-unsaturated/α-hetero) is 1. The Labute approximate surface area is 118 Å². The van der Waals surface area contributed by atoms with Crippen molar-refractivity contribution in [2.24, 2.45) is 5.92 Å². The van der Waals surface area contributed by atoms with E-state index in [1.807, 2.05) is 11.9 Å². The van der Waals surface area contributed by atoms with Crippen LogP contribution in [-0.2, 0) is 0 Å². The van der Waals surface area contributed by atoms with E-state index in [9.17, 15) is 14.3 Å². The first-order chi connectivity index (χ1) is 9.49. The lowest BCUT2D eigenvalue weighted by Crippen LogP contribution is -2.38. The Bertz CT molecular complexity index is 486. The summed E-state index contributed by atoms with van der Waals surface area (Å²) in [6.07, 6.45) is 1.40. The van der Waals surface area contributed by atoms with E-state index in [1.165, 1.54) is 25.3 Å². The van der Waals surface area contributed by atoms with Gasteiger partial charge in [0.2, 0.25) is 0 Å². The molecule has 0 saturated heterocycles. The van der Waals surface area contributed by atoms with Gasteiger partial charge in [0.05, 0.1) is 25.3 Å². The average molecular weight is 281 g/mol. The normalized spacial score (nSPS) is 21.6. The average Bonchev–Trinajstić information content (AvgIpc) is 2.36. The number of rotatable bonds is 6. The minimum atomic E-state index is -0.445. The van der Waals surface area contributed by atoms with Gasteiger partial charge in [-0.05, 0) is 44.0 Å². The van der Waals surface area contributed by atoms with Crippen LogP contribution in [0, 0.1) is 11.7 Å². The topological polar surface area (TPSA) is 49.8 Å². The Hall–Kier alpha value is -1.46. The maximum absolute atomic E-state index is 13.2. The Balaban J connectivity index is 1.95. The number of likely N-dealkylation sites (N-methyl/N-ethyl adjacent to an activating group) is 1. The monoisotopic (exact) mass is 281 g/mol. The Morgan fingerprint density at radius 1 is 1.50 bits per heavy atom. The van der Waals surface area contributed by atoms with Gasteiger partial charge in [0, 0.05) is 6.54 Å². The Morgan fingerprint density at radius 3 is 2.80 bits per heavy atom. The van der Waals surface area contributed by atoms with Gasteiger partial charge in [0.25, 0.3) is 0 Å². The van der Waals surface area contributed by atoms with E-state index in [2.05, 4.69) is 0 Å². The first kappa shape index (κ1) is 14.9. The summed E-state index contributed by atoms with van der Waals surface area (Å²) in [5.41, 5.74) is 0.271. The lowest BCUT2D eigenvalue weighted by Gasteiger charge is -2.34. The number of carbonyl (C=O) groups excluding carboxylic acids is 1. The zero-order valence-corrected chi connectivity index (χ0v) is 11.8. The summed E-state index contributed by atoms with van der Waals surface area (Å²) < 4.78 is 18.3. The second-order valence-electron chi connectivity index (χ2n) is 5.46. The number of aliphatic hydroxyl groups is 1. The summed E-state index contributed by atoms with van der Waals surface area (Å²) in [5, 5.41) is 9.25. The molecule has 4 nitrogen and oxygen atoms in total. The van der Waals surface area contributed by atoms with Crippen molar-refractivity contribution in [3.05, 3.63) is 29.6 Å². The summed E-state index contributed by atoms with van der Waals surface area (Å²) in [6, 6.07) is 3.95. The SMILES string of the molecule is COc1ccc(F)cc1C(=O)CN(C)CC1CC(O)C1. The summed E-state index contributed by atoms with van der Waals surface area (Å²) in [6.45, 7) is 0.979. The smallest absolute Gasteiger partial charge is 0.180 e. The predicted octanol–water partition coefficient (Wildman–Crippen LogP) is 1.72. The minimum Gasteiger partial charge on any atom is -0.496 e. The highest BCUT2D eigenvalue weighted by Gasteiger charge is 2.28. The highest BCUT2D eigenvalue weighted by atomic mass is 19.1. The first-order valence-corrected chi connectivity index (χ1v) is 6.73. The second kappa shape index (κ2) is 6.33. The summed E-state index contributed by atoms with van der Waals surface area (Å²) in [4.78, 5) is 14.1. The van der Waals surface area contributed by atoms with Crippen LogP contribution in [0.4, 0.5) is 4.39 Å². The van der Waals surface area contributed by atoms with E-state index in [0.29, 0.717) is 11.7 Å². The second-order valence-corrected chi connectivity index (χ2v) is 5.46. The molecule has 1 N–H and O–H groups in total. The number of aliphatic hydroxyl groups excluding tert-OH is 1. The van der Waals surface area contributed by atoms with Crippen LogP contribution in [0.1, 0.15) is 23.2 Å². The van der Waals surface area contributed by atoms with Crippen LogP contribution in [0.2, 0.25) is 0 Å². The van der Waals surface area contributed by atoms with Gasteiger partial charge in [0.15, 0.2) is 5.78 Å². The lowest BCUT2D eigenvalue weighted by molar-refractivity contribution is 0.0286. The van der Waals surface area contributed by atoms with E-state index in [4.69, 9.17) is 4.74 Å².